The minimum Gasteiger partial charge on any atom is -0.503 e. The minimum absolute atomic E-state index is 0.206. The number of halogens is 5. The SMILES string of the molecule is O=C(O)c1cc(O)c(OC(F)(F)F)nc1C(F)F. The number of hydrogen-bond donors (Lipinski definition) is 2. The Bertz CT molecular complexity index is 473. The summed E-state index contributed by atoms with van der Waals surface area (Å²) in [4.78, 5) is 13.2. The summed E-state index contributed by atoms with van der Waals surface area (Å²) < 4.78 is 63.5. The van der Waals surface area contributed by atoms with Crippen LogP contribution in [0.25, 0.3) is 0 Å². The van der Waals surface area contributed by atoms with Gasteiger partial charge in [-0.15, -0.1) is 13.2 Å². The van der Waals surface area contributed by atoms with Crippen molar-refractivity contribution in [3.63, 3.8) is 0 Å². The van der Waals surface area contributed by atoms with Crippen molar-refractivity contribution in [2.24, 2.45) is 0 Å². The van der Waals surface area contributed by atoms with Gasteiger partial charge in [0.1, 0.15) is 5.69 Å². The summed E-state index contributed by atoms with van der Waals surface area (Å²) in [5.74, 6) is -4.72. The van der Waals surface area contributed by atoms with Crippen molar-refractivity contribution in [1.29, 1.82) is 0 Å². The first-order chi connectivity index (χ1) is 8.11. The molecule has 0 aromatic carbocycles. The fourth-order valence-electron chi connectivity index (χ4n) is 1.02. The number of carboxylic acids is 1. The number of alkyl halides is 5. The quantitative estimate of drug-likeness (QED) is 0.826. The van der Waals surface area contributed by atoms with E-state index >= 15 is 0 Å². The van der Waals surface area contributed by atoms with E-state index in [0.717, 1.165) is 0 Å². The molecule has 1 aromatic heterocycles. The average molecular weight is 273 g/mol. The average Bonchev–Trinajstić information content (AvgIpc) is 2.17. The molecule has 2 N–H and O–H groups in total. The summed E-state index contributed by atoms with van der Waals surface area (Å²) in [5, 5.41) is 17.5. The highest BCUT2D eigenvalue weighted by Gasteiger charge is 2.34. The molecule has 0 atom stereocenters. The highest BCUT2D eigenvalue weighted by atomic mass is 19.4. The maximum atomic E-state index is 12.4. The standard InChI is InChI=1S/C8H4F5NO4/c9-5(10)4-2(7(16)17)1-3(15)6(14-4)18-8(11,12)13/h1,5,15H,(H,16,17). The van der Waals surface area contributed by atoms with Gasteiger partial charge in [-0.1, -0.05) is 0 Å². The van der Waals surface area contributed by atoms with Crippen molar-refractivity contribution >= 4 is 5.97 Å². The van der Waals surface area contributed by atoms with Gasteiger partial charge in [0.25, 0.3) is 12.3 Å². The predicted octanol–water partition coefficient (Wildman–Crippen LogP) is 2.32. The summed E-state index contributed by atoms with van der Waals surface area (Å²) in [7, 11) is 0. The lowest BCUT2D eigenvalue weighted by Crippen LogP contribution is -2.19. The van der Waals surface area contributed by atoms with E-state index in [1.807, 2.05) is 0 Å². The summed E-state index contributed by atoms with van der Waals surface area (Å²) >= 11 is 0. The maximum absolute atomic E-state index is 12.4. The Balaban J connectivity index is 3.32. The van der Waals surface area contributed by atoms with E-state index in [2.05, 4.69) is 9.72 Å². The normalized spacial score (nSPS) is 11.7. The van der Waals surface area contributed by atoms with Crippen LogP contribution in [-0.4, -0.2) is 27.5 Å². The van der Waals surface area contributed by atoms with Gasteiger partial charge in [0.2, 0.25) is 0 Å². The molecule has 0 aliphatic heterocycles. The molecule has 0 saturated carbocycles. The van der Waals surface area contributed by atoms with Crippen LogP contribution in [0, 0.1) is 0 Å². The Kier molecular flexibility index (Phi) is 3.58. The molecular weight excluding hydrogens is 269 g/mol. The highest BCUT2D eigenvalue weighted by Crippen LogP contribution is 2.34. The highest BCUT2D eigenvalue weighted by molar-refractivity contribution is 5.89. The molecule has 0 spiro atoms. The maximum Gasteiger partial charge on any atom is 0.574 e. The zero-order valence-corrected chi connectivity index (χ0v) is 8.20. The second-order valence-corrected chi connectivity index (χ2v) is 2.90. The van der Waals surface area contributed by atoms with Gasteiger partial charge in [0.15, 0.2) is 5.75 Å². The lowest BCUT2D eigenvalue weighted by atomic mass is 10.2. The molecule has 0 amide bonds. The van der Waals surface area contributed by atoms with Crippen molar-refractivity contribution < 1.29 is 41.7 Å². The summed E-state index contributed by atoms with van der Waals surface area (Å²) in [6.07, 6.45) is -8.69. The Morgan fingerprint density at radius 1 is 1.39 bits per heavy atom. The number of carboxylic acid groups (broad SMARTS) is 1. The zero-order valence-electron chi connectivity index (χ0n) is 8.20. The molecule has 100 valence electrons. The van der Waals surface area contributed by atoms with Gasteiger partial charge >= 0.3 is 12.3 Å². The number of pyridine rings is 1. The second kappa shape index (κ2) is 4.63. The van der Waals surface area contributed by atoms with Gasteiger partial charge in [0, 0.05) is 6.07 Å². The van der Waals surface area contributed by atoms with Gasteiger partial charge in [-0.3, -0.25) is 0 Å². The first kappa shape index (κ1) is 13.9. The van der Waals surface area contributed by atoms with Crippen molar-refractivity contribution in [3.05, 3.63) is 17.3 Å². The molecular formula is C8H4F5NO4. The third-order valence-electron chi connectivity index (χ3n) is 1.65. The van der Waals surface area contributed by atoms with E-state index in [-0.39, 0.29) is 6.07 Å². The molecule has 1 rings (SSSR count). The van der Waals surface area contributed by atoms with Gasteiger partial charge in [-0.25, -0.2) is 18.6 Å². The van der Waals surface area contributed by atoms with Crippen molar-refractivity contribution in [1.82, 2.24) is 4.98 Å². The largest absolute Gasteiger partial charge is 0.574 e. The molecule has 0 unspecified atom stereocenters. The fraction of sp³-hybridized carbons (Fsp3) is 0.250. The third kappa shape index (κ3) is 3.18. The summed E-state index contributed by atoms with van der Waals surface area (Å²) in [5.41, 5.74) is -2.54. The molecule has 1 heterocycles. The first-order valence-electron chi connectivity index (χ1n) is 4.13. The van der Waals surface area contributed by atoms with Gasteiger partial charge < -0.3 is 14.9 Å². The van der Waals surface area contributed by atoms with Crippen LogP contribution in [0.15, 0.2) is 6.07 Å². The number of ether oxygens (including phenoxy) is 1. The monoisotopic (exact) mass is 273 g/mol. The van der Waals surface area contributed by atoms with Crippen LogP contribution < -0.4 is 4.74 Å². The van der Waals surface area contributed by atoms with Gasteiger partial charge in [0.05, 0.1) is 5.56 Å². The molecule has 0 radical (unpaired) electrons. The van der Waals surface area contributed by atoms with Crippen LogP contribution in [0.4, 0.5) is 22.0 Å². The van der Waals surface area contributed by atoms with Crippen LogP contribution in [0.5, 0.6) is 11.6 Å². The Labute approximate surface area is 95.4 Å². The van der Waals surface area contributed by atoms with Crippen LogP contribution >= 0.6 is 0 Å². The van der Waals surface area contributed by atoms with E-state index in [0.29, 0.717) is 0 Å². The Hall–Kier alpha value is -2.13. The smallest absolute Gasteiger partial charge is 0.503 e. The molecule has 0 bridgehead atoms. The molecule has 0 aliphatic carbocycles. The molecule has 5 nitrogen and oxygen atoms in total. The summed E-state index contributed by atoms with van der Waals surface area (Å²) in [6.45, 7) is 0. The lowest BCUT2D eigenvalue weighted by Gasteiger charge is -2.12. The molecule has 0 saturated heterocycles. The predicted molar refractivity (Wildman–Crippen MR) is 44.5 cm³/mol. The molecule has 0 fully saturated rings. The van der Waals surface area contributed by atoms with Gasteiger partial charge in [-0.05, 0) is 0 Å². The Morgan fingerprint density at radius 3 is 2.33 bits per heavy atom. The van der Waals surface area contributed by atoms with Crippen LogP contribution in [0.2, 0.25) is 0 Å². The number of aromatic carboxylic acids is 1. The van der Waals surface area contributed by atoms with Gasteiger partial charge in [-0.2, -0.15) is 0 Å². The molecule has 10 heteroatoms. The Morgan fingerprint density at radius 2 is 1.94 bits per heavy atom. The van der Waals surface area contributed by atoms with E-state index in [9.17, 15) is 26.7 Å². The van der Waals surface area contributed by atoms with Crippen molar-refractivity contribution in [2.45, 2.75) is 12.8 Å². The van der Waals surface area contributed by atoms with E-state index in [1.165, 1.54) is 0 Å². The minimum atomic E-state index is -5.26. The van der Waals surface area contributed by atoms with E-state index in [1.54, 1.807) is 0 Å². The molecule has 1 aromatic rings. The third-order valence-corrected chi connectivity index (χ3v) is 1.65. The lowest BCUT2D eigenvalue weighted by molar-refractivity contribution is -0.276. The molecule has 0 aliphatic rings. The van der Waals surface area contributed by atoms with Crippen molar-refractivity contribution in [3.8, 4) is 11.6 Å². The number of aromatic nitrogens is 1. The number of hydrogen-bond acceptors (Lipinski definition) is 4. The number of nitrogens with zero attached hydrogens (tertiary/aromatic N) is 1. The van der Waals surface area contributed by atoms with Crippen LogP contribution in [-0.2, 0) is 0 Å². The topological polar surface area (TPSA) is 79.7 Å². The summed E-state index contributed by atoms with van der Waals surface area (Å²) in [6, 6.07) is 0.206. The van der Waals surface area contributed by atoms with Crippen LogP contribution in [0.3, 0.4) is 0 Å². The molecule has 18 heavy (non-hydrogen) atoms. The fourth-order valence-corrected chi connectivity index (χ4v) is 1.02. The van der Waals surface area contributed by atoms with Crippen LogP contribution in [0.1, 0.15) is 22.5 Å². The van der Waals surface area contributed by atoms with E-state index < -0.39 is 41.6 Å². The van der Waals surface area contributed by atoms with Crippen molar-refractivity contribution in [2.75, 3.05) is 0 Å². The zero-order chi connectivity index (χ0) is 14.1. The number of carbonyl (C=O) groups is 1. The number of rotatable bonds is 3. The first-order valence-corrected chi connectivity index (χ1v) is 4.13. The number of aromatic hydroxyl groups is 1. The van der Waals surface area contributed by atoms with E-state index in [4.69, 9.17) is 10.2 Å². The second-order valence-electron chi connectivity index (χ2n) is 2.90.